The van der Waals surface area contributed by atoms with Crippen molar-refractivity contribution in [3.05, 3.63) is 100 Å². The first-order valence-electron chi connectivity index (χ1n) is 15.6. The number of carbonyl (C=O) groups is 3. The Morgan fingerprint density at radius 2 is 1.47 bits per heavy atom. The van der Waals surface area contributed by atoms with Crippen molar-refractivity contribution >= 4 is 35.2 Å². The highest BCUT2D eigenvalue weighted by atomic mass is 35.5. The van der Waals surface area contributed by atoms with Gasteiger partial charge >= 0.3 is 6.09 Å². The lowest BCUT2D eigenvalue weighted by molar-refractivity contribution is -0.143. The molecule has 0 heterocycles. The number of nitrogens with one attached hydrogen (secondary N) is 2. The molecule has 0 spiro atoms. The summed E-state index contributed by atoms with van der Waals surface area (Å²) in [5.74, 6) is -0.373. The van der Waals surface area contributed by atoms with Gasteiger partial charge < -0.3 is 20.3 Å². The van der Waals surface area contributed by atoms with Crippen LogP contribution in [0.25, 0.3) is 0 Å². The number of aryl methyl sites for hydroxylation is 2. The van der Waals surface area contributed by atoms with Crippen molar-refractivity contribution in [2.75, 3.05) is 5.32 Å². The maximum atomic E-state index is 14.9. The van der Waals surface area contributed by atoms with Crippen LogP contribution < -0.4 is 10.6 Å². The van der Waals surface area contributed by atoms with E-state index in [1.54, 1.807) is 31.7 Å². The predicted octanol–water partition coefficient (Wildman–Crippen LogP) is 8.43. The zero-order valence-corrected chi connectivity index (χ0v) is 28.6. The van der Waals surface area contributed by atoms with Crippen molar-refractivity contribution in [1.82, 2.24) is 10.2 Å². The Kier molecular flexibility index (Phi) is 12.6. The van der Waals surface area contributed by atoms with Gasteiger partial charge in [0, 0.05) is 12.5 Å². The SMILES string of the molecule is Cc1ccccc1C(C(=O)Nc1c(C)cccc1Cl)N(C(=O)C(Cc1ccccc1)NC(=O)OC(C)(C)C)C(C)CCC(C)C. The molecule has 45 heavy (non-hydrogen) atoms. The summed E-state index contributed by atoms with van der Waals surface area (Å²) >= 11 is 6.54. The highest BCUT2D eigenvalue weighted by Gasteiger charge is 2.39. The summed E-state index contributed by atoms with van der Waals surface area (Å²) in [6.07, 6.45) is 1.03. The van der Waals surface area contributed by atoms with Crippen molar-refractivity contribution in [1.29, 1.82) is 0 Å². The Balaban J connectivity index is 2.17. The molecule has 3 unspecified atom stereocenters. The minimum atomic E-state index is -1.00. The van der Waals surface area contributed by atoms with E-state index in [9.17, 15) is 14.4 Å². The zero-order chi connectivity index (χ0) is 33.3. The van der Waals surface area contributed by atoms with Gasteiger partial charge in [-0.2, -0.15) is 0 Å². The van der Waals surface area contributed by atoms with E-state index in [-0.39, 0.29) is 24.3 Å². The summed E-state index contributed by atoms with van der Waals surface area (Å²) in [5.41, 5.74) is 2.97. The highest BCUT2D eigenvalue weighted by Crippen LogP contribution is 2.33. The molecule has 8 heteroatoms. The number of nitrogens with zero attached hydrogens (tertiary/aromatic N) is 1. The van der Waals surface area contributed by atoms with Crippen LogP contribution >= 0.6 is 11.6 Å². The Bertz CT molecular complexity index is 1430. The molecule has 0 radical (unpaired) electrons. The molecule has 0 aliphatic heterocycles. The second-order valence-electron chi connectivity index (χ2n) is 13.1. The molecule has 7 nitrogen and oxygen atoms in total. The van der Waals surface area contributed by atoms with Gasteiger partial charge in [0.05, 0.1) is 10.7 Å². The lowest BCUT2D eigenvalue weighted by Crippen LogP contribution is -2.55. The number of hydrogen-bond acceptors (Lipinski definition) is 4. The monoisotopic (exact) mass is 633 g/mol. The molecule has 3 atom stereocenters. The standard InChI is InChI=1S/C37H48ClN3O4/c1-24(2)21-22-27(5)41(35(43)31(23-28-17-10-9-11-18-28)39-36(44)45-37(6,7)8)33(29-19-13-12-15-25(29)3)34(42)40-32-26(4)16-14-20-30(32)38/h9-20,24,27,31,33H,21-23H2,1-8H3,(H,39,44)(H,40,42). The summed E-state index contributed by atoms with van der Waals surface area (Å²) in [6.45, 7) is 15.4. The Morgan fingerprint density at radius 1 is 0.844 bits per heavy atom. The van der Waals surface area contributed by atoms with Crippen molar-refractivity contribution in [2.45, 2.75) is 98.4 Å². The van der Waals surface area contributed by atoms with Crippen LogP contribution in [0.2, 0.25) is 5.02 Å². The number of para-hydroxylation sites is 1. The molecule has 0 fully saturated rings. The molecule has 0 aromatic heterocycles. The molecule has 0 bridgehead atoms. The fraction of sp³-hybridized carbons (Fsp3) is 0.432. The molecular formula is C37H48ClN3O4. The van der Waals surface area contributed by atoms with E-state index in [0.717, 1.165) is 23.1 Å². The van der Waals surface area contributed by atoms with E-state index in [1.807, 2.05) is 87.5 Å². The quantitative estimate of drug-likeness (QED) is 0.210. The first-order valence-corrected chi connectivity index (χ1v) is 16.0. The van der Waals surface area contributed by atoms with Crippen LogP contribution in [0.3, 0.4) is 0 Å². The summed E-state index contributed by atoms with van der Waals surface area (Å²) in [4.78, 5) is 44.1. The molecule has 3 aromatic rings. The predicted molar refractivity (Wildman–Crippen MR) is 182 cm³/mol. The van der Waals surface area contributed by atoms with Gasteiger partial charge in [0.1, 0.15) is 17.7 Å². The maximum Gasteiger partial charge on any atom is 0.408 e. The number of benzene rings is 3. The van der Waals surface area contributed by atoms with Crippen LogP contribution in [-0.4, -0.2) is 40.5 Å². The van der Waals surface area contributed by atoms with E-state index in [2.05, 4.69) is 24.5 Å². The first kappa shape index (κ1) is 35.6. The minimum absolute atomic E-state index is 0.220. The molecule has 0 saturated carbocycles. The number of ether oxygens (including phenoxy) is 1. The number of anilines is 1. The largest absolute Gasteiger partial charge is 0.444 e. The minimum Gasteiger partial charge on any atom is -0.444 e. The van der Waals surface area contributed by atoms with Crippen LogP contribution in [-0.2, 0) is 20.7 Å². The molecular weight excluding hydrogens is 586 g/mol. The molecule has 2 N–H and O–H groups in total. The third-order valence-electron chi connectivity index (χ3n) is 7.64. The van der Waals surface area contributed by atoms with E-state index in [0.29, 0.717) is 28.6 Å². The van der Waals surface area contributed by atoms with Crippen LogP contribution in [0.5, 0.6) is 0 Å². The van der Waals surface area contributed by atoms with Crippen molar-refractivity contribution in [3.63, 3.8) is 0 Å². The number of alkyl carbamates (subject to hydrolysis) is 1. The number of hydrogen-bond donors (Lipinski definition) is 2. The second-order valence-corrected chi connectivity index (χ2v) is 13.5. The topological polar surface area (TPSA) is 87.7 Å². The van der Waals surface area contributed by atoms with Gasteiger partial charge in [-0.05, 0) is 88.6 Å². The molecule has 0 aliphatic carbocycles. The van der Waals surface area contributed by atoms with E-state index >= 15 is 0 Å². The molecule has 3 aromatic carbocycles. The van der Waals surface area contributed by atoms with Crippen molar-refractivity contribution in [2.24, 2.45) is 5.92 Å². The number of carbonyl (C=O) groups excluding carboxylic acids is 3. The summed E-state index contributed by atoms with van der Waals surface area (Å²) in [7, 11) is 0. The van der Waals surface area contributed by atoms with E-state index in [4.69, 9.17) is 16.3 Å². The number of amides is 3. The summed E-state index contributed by atoms with van der Waals surface area (Å²) in [5, 5.41) is 6.30. The number of halogens is 1. The zero-order valence-electron chi connectivity index (χ0n) is 27.8. The normalized spacial score (nSPS) is 13.5. The summed E-state index contributed by atoms with van der Waals surface area (Å²) < 4.78 is 5.58. The average Bonchev–Trinajstić information content (AvgIpc) is 2.96. The van der Waals surface area contributed by atoms with Gasteiger partial charge in [-0.15, -0.1) is 0 Å². The first-order chi connectivity index (χ1) is 21.2. The molecule has 3 rings (SSSR count). The Hall–Kier alpha value is -3.84. The fourth-order valence-electron chi connectivity index (χ4n) is 5.28. The molecule has 0 aliphatic rings. The third kappa shape index (κ3) is 10.4. The van der Waals surface area contributed by atoms with Crippen LogP contribution in [0.1, 0.15) is 82.7 Å². The highest BCUT2D eigenvalue weighted by molar-refractivity contribution is 6.34. The van der Waals surface area contributed by atoms with Gasteiger partial charge in [0.25, 0.3) is 5.91 Å². The lowest BCUT2D eigenvalue weighted by Gasteiger charge is -2.39. The van der Waals surface area contributed by atoms with Crippen LogP contribution in [0, 0.1) is 19.8 Å². The summed E-state index contributed by atoms with van der Waals surface area (Å²) in [6, 6.07) is 20.2. The Morgan fingerprint density at radius 3 is 2.07 bits per heavy atom. The second kappa shape index (κ2) is 15.9. The van der Waals surface area contributed by atoms with Gasteiger partial charge in [0.15, 0.2) is 0 Å². The van der Waals surface area contributed by atoms with Crippen molar-refractivity contribution in [3.8, 4) is 0 Å². The molecule has 242 valence electrons. The third-order valence-corrected chi connectivity index (χ3v) is 7.96. The molecule has 0 saturated heterocycles. The van der Waals surface area contributed by atoms with Gasteiger partial charge in [0.2, 0.25) is 5.91 Å². The maximum absolute atomic E-state index is 14.9. The molecule has 3 amide bonds. The van der Waals surface area contributed by atoms with Gasteiger partial charge in [-0.25, -0.2) is 4.79 Å². The van der Waals surface area contributed by atoms with Gasteiger partial charge in [-0.3, -0.25) is 9.59 Å². The van der Waals surface area contributed by atoms with Crippen molar-refractivity contribution < 1.29 is 19.1 Å². The average molecular weight is 634 g/mol. The van der Waals surface area contributed by atoms with Crippen LogP contribution in [0.15, 0.2) is 72.8 Å². The fourth-order valence-corrected chi connectivity index (χ4v) is 5.55. The van der Waals surface area contributed by atoms with Crippen LogP contribution in [0.4, 0.5) is 10.5 Å². The van der Waals surface area contributed by atoms with E-state index < -0.39 is 23.8 Å². The Labute approximate surface area is 273 Å². The van der Waals surface area contributed by atoms with Gasteiger partial charge in [-0.1, -0.05) is 92.2 Å². The smallest absolute Gasteiger partial charge is 0.408 e. The number of rotatable bonds is 12. The lowest BCUT2D eigenvalue weighted by atomic mass is 9.93. The van der Waals surface area contributed by atoms with E-state index in [1.165, 1.54) is 0 Å².